The molecule has 1 rings (SSSR count). The van der Waals surface area contributed by atoms with Crippen LogP contribution in [0, 0.1) is 5.82 Å². The van der Waals surface area contributed by atoms with Crippen LogP contribution in [0.5, 0.6) is 0 Å². The van der Waals surface area contributed by atoms with Crippen LogP contribution in [0.15, 0.2) is 29.2 Å². The van der Waals surface area contributed by atoms with E-state index in [2.05, 4.69) is 10.1 Å². The minimum absolute atomic E-state index is 0.119. The number of hydrogen-bond donors (Lipinski definition) is 2. The maximum atomic E-state index is 12.8. The van der Waals surface area contributed by atoms with Crippen LogP contribution in [0.2, 0.25) is 0 Å². The number of benzene rings is 1. The normalized spacial score (nSPS) is 12.1. The van der Waals surface area contributed by atoms with Crippen molar-refractivity contribution in [3.05, 3.63) is 30.1 Å². The first kappa shape index (κ1) is 21.6. The number of nitrogens with one attached hydrogen (secondary N) is 2. The number of carbonyl (C=O) groups excluding carboxylic acids is 3. The molecule has 0 radical (unpaired) electrons. The van der Waals surface area contributed by atoms with Crippen LogP contribution in [0.1, 0.15) is 26.7 Å². The Balaban J connectivity index is 2.39. The average molecular weight is 388 g/mol. The van der Waals surface area contributed by atoms with E-state index in [0.29, 0.717) is 6.42 Å². The number of halogens is 1. The Morgan fingerprint density at radius 1 is 1.19 bits per heavy atom. The number of esters is 1. The van der Waals surface area contributed by atoms with Gasteiger partial charge in [0.2, 0.25) is 0 Å². The molecule has 0 aliphatic carbocycles. The molecule has 0 saturated heterocycles. The number of ether oxygens (including phenoxy) is 1. The molecule has 26 heavy (non-hydrogen) atoms. The summed E-state index contributed by atoms with van der Waals surface area (Å²) in [7, 11) is -3.78. The zero-order valence-corrected chi connectivity index (χ0v) is 15.3. The van der Waals surface area contributed by atoms with E-state index in [4.69, 9.17) is 0 Å². The van der Waals surface area contributed by atoms with Gasteiger partial charge in [0.1, 0.15) is 5.82 Å². The Kier molecular flexibility index (Phi) is 8.17. The van der Waals surface area contributed by atoms with Gasteiger partial charge in [-0.1, -0.05) is 6.92 Å². The Morgan fingerprint density at radius 3 is 2.38 bits per heavy atom. The summed E-state index contributed by atoms with van der Waals surface area (Å²) >= 11 is 0. The summed E-state index contributed by atoms with van der Waals surface area (Å²) in [5, 5.41) is 4.48. The predicted molar refractivity (Wildman–Crippen MR) is 90.5 cm³/mol. The second-order valence-electron chi connectivity index (χ2n) is 5.51. The van der Waals surface area contributed by atoms with Crippen molar-refractivity contribution in [1.29, 1.82) is 0 Å². The van der Waals surface area contributed by atoms with E-state index in [1.807, 2.05) is 12.2 Å². The van der Waals surface area contributed by atoms with Crippen LogP contribution < -0.4 is 10.6 Å². The van der Waals surface area contributed by atoms with Crippen molar-refractivity contribution in [2.45, 2.75) is 37.6 Å². The predicted octanol–water partition coefficient (Wildman–Crippen LogP) is 1.16. The van der Waals surface area contributed by atoms with Gasteiger partial charge in [-0.3, -0.25) is 14.9 Å². The fourth-order valence-corrected chi connectivity index (χ4v) is 2.94. The molecule has 1 aromatic rings. The first-order valence-electron chi connectivity index (χ1n) is 7.88. The smallest absolute Gasteiger partial charge is 0.321 e. The Hall–Kier alpha value is -2.49. The van der Waals surface area contributed by atoms with Crippen molar-refractivity contribution in [3.8, 4) is 0 Å². The molecule has 0 bridgehead atoms. The van der Waals surface area contributed by atoms with Gasteiger partial charge in [-0.05, 0) is 37.6 Å². The summed E-state index contributed by atoms with van der Waals surface area (Å²) in [5.41, 5.74) is 0. The van der Waals surface area contributed by atoms with Gasteiger partial charge in [0.15, 0.2) is 16.4 Å². The van der Waals surface area contributed by atoms with Gasteiger partial charge >= 0.3 is 12.0 Å². The number of amides is 3. The lowest BCUT2D eigenvalue weighted by atomic mass is 10.3. The molecule has 2 N–H and O–H groups in total. The number of urea groups is 1. The Bertz CT molecular complexity index is 749. The van der Waals surface area contributed by atoms with Crippen molar-refractivity contribution < 1.29 is 31.9 Å². The Labute approximate surface area is 151 Å². The van der Waals surface area contributed by atoms with Gasteiger partial charge in [0.25, 0.3) is 5.91 Å². The molecular weight excluding hydrogens is 367 g/mol. The molecule has 0 heterocycles. The summed E-state index contributed by atoms with van der Waals surface area (Å²) in [6.07, 6.45) is 0.200. The zero-order chi connectivity index (χ0) is 19.7. The van der Waals surface area contributed by atoms with E-state index in [1.54, 1.807) is 6.92 Å². The molecule has 144 valence electrons. The van der Waals surface area contributed by atoms with Gasteiger partial charge in [0, 0.05) is 6.04 Å². The molecule has 3 amide bonds. The maximum Gasteiger partial charge on any atom is 0.321 e. The molecule has 0 fully saturated rings. The third-order valence-corrected chi connectivity index (χ3v) is 5.09. The third-order valence-electron chi connectivity index (χ3n) is 3.35. The molecule has 0 aliphatic heterocycles. The quantitative estimate of drug-likeness (QED) is 0.509. The van der Waals surface area contributed by atoms with Gasteiger partial charge in [-0.25, -0.2) is 17.6 Å². The fraction of sp³-hybridized carbons (Fsp3) is 0.438. The largest absolute Gasteiger partial charge is 0.456 e. The van der Waals surface area contributed by atoms with Crippen LogP contribution in [0.3, 0.4) is 0 Å². The first-order valence-corrected chi connectivity index (χ1v) is 9.53. The average Bonchev–Trinajstić information content (AvgIpc) is 2.58. The summed E-state index contributed by atoms with van der Waals surface area (Å²) in [4.78, 5) is 34.3. The number of hydrogen-bond acceptors (Lipinski definition) is 6. The molecule has 0 aliphatic rings. The molecule has 1 atom stereocenters. The second-order valence-corrected chi connectivity index (χ2v) is 7.62. The van der Waals surface area contributed by atoms with Gasteiger partial charge in [-0.15, -0.1) is 0 Å². The van der Waals surface area contributed by atoms with Crippen LogP contribution in [0.25, 0.3) is 0 Å². The highest BCUT2D eigenvalue weighted by Crippen LogP contribution is 2.13. The van der Waals surface area contributed by atoms with Crippen LogP contribution in [-0.2, 0) is 24.2 Å². The van der Waals surface area contributed by atoms with E-state index >= 15 is 0 Å². The highest BCUT2D eigenvalue weighted by atomic mass is 32.2. The lowest BCUT2D eigenvalue weighted by Crippen LogP contribution is -2.44. The number of imide groups is 1. The third kappa shape index (κ3) is 7.60. The Morgan fingerprint density at radius 2 is 1.81 bits per heavy atom. The van der Waals surface area contributed by atoms with Crippen LogP contribution >= 0.6 is 0 Å². The first-order chi connectivity index (χ1) is 12.1. The van der Waals surface area contributed by atoms with E-state index < -0.39 is 52.3 Å². The monoisotopic (exact) mass is 388 g/mol. The summed E-state index contributed by atoms with van der Waals surface area (Å²) in [6.45, 7) is 2.91. The van der Waals surface area contributed by atoms with Gasteiger partial charge in [0.05, 0.1) is 17.1 Å². The molecule has 0 unspecified atom stereocenters. The van der Waals surface area contributed by atoms with Crippen molar-refractivity contribution in [3.63, 3.8) is 0 Å². The molecular formula is C16H21FN2O6S. The highest BCUT2D eigenvalue weighted by Gasteiger charge is 2.18. The lowest BCUT2D eigenvalue weighted by Gasteiger charge is -2.11. The number of carbonyl (C=O) groups is 3. The number of rotatable bonds is 8. The zero-order valence-electron chi connectivity index (χ0n) is 14.5. The topological polar surface area (TPSA) is 119 Å². The molecule has 1 aromatic carbocycles. The standard InChI is InChI=1S/C16H21FN2O6S/c1-3-11(2)18-16(22)19-14(20)10-25-15(21)8-9-26(23,24)13-6-4-12(17)5-7-13/h4-7,11H,3,8-10H2,1-2H3,(H2,18,19,20,22)/t11-/m1/s1. The lowest BCUT2D eigenvalue weighted by molar-refractivity contribution is -0.147. The molecule has 0 saturated carbocycles. The van der Waals surface area contributed by atoms with E-state index in [0.717, 1.165) is 24.3 Å². The van der Waals surface area contributed by atoms with Gasteiger partial charge < -0.3 is 10.1 Å². The van der Waals surface area contributed by atoms with Crippen molar-refractivity contribution in [1.82, 2.24) is 10.6 Å². The van der Waals surface area contributed by atoms with Crippen molar-refractivity contribution >= 4 is 27.7 Å². The van der Waals surface area contributed by atoms with Gasteiger partial charge in [-0.2, -0.15) is 0 Å². The van der Waals surface area contributed by atoms with E-state index in [9.17, 15) is 27.2 Å². The second kappa shape index (κ2) is 9.85. The fourth-order valence-electron chi connectivity index (χ4n) is 1.72. The molecule has 10 heteroatoms. The summed E-state index contributed by atoms with van der Waals surface area (Å²) < 4.78 is 41.4. The van der Waals surface area contributed by atoms with Crippen LogP contribution in [0.4, 0.5) is 9.18 Å². The summed E-state index contributed by atoms with van der Waals surface area (Å²) in [5.74, 6) is -2.87. The van der Waals surface area contributed by atoms with E-state index in [-0.39, 0.29) is 10.9 Å². The number of sulfone groups is 1. The van der Waals surface area contributed by atoms with Crippen LogP contribution in [-0.4, -0.2) is 44.7 Å². The minimum Gasteiger partial charge on any atom is -0.456 e. The van der Waals surface area contributed by atoms with E-state index in [1.165, 1.54) is 0 Å². The van der Waals surface area contributed by atoms with Crippen molar-refractivity contribution in [2.24, 2.45) is 0 Å². The SMILES string of the molecule is CC[C@@H](C)NC(=O)NC(=O)COC(=O)CCS(=O)(=O)c1ccc(F)cc1. The molecule has 0 spiro atoms. The highest BCUT2D eigenvalue weighted by molar-refractivity contribution is 7.91. The molecule has 0 aromatic heterocycles. The molecule has 8 nitrogen and oxygen atoms in total. The maximum absolute atomic E-state index is 12.8. The van der Waals surface area contributed by atoms with Crippen molar-refractivity contribution in [2.75, 3.05) is 12.4 Å². The minimum atomic E-state index is -3.78. The summed E-state index contributed by atoms with van der Waals surface area (Å²) in [6, 6.07) is 3.36.